The Morgan fingerprint density at radius 2 is 1.68 bits per heavy atom. The lowest BCUT2D eigenvalue weighted by atomic mass is 10.2. The Balaban J connectivity index is 1.74. The zero-order valence-corrected chi connectivity index (χ0v) is 13.3. The smallest absolute Gasteiger partial charge is 0.275 e. The average Bonchev–Trinajstić information content (AvgIpc) is 2.61. The summed E-state index contributed by atoms with van der Waals surface area (Å²) in [6.07, 6.45) is 2.47. The van der Waals surface area contributed by atoms with E-state index < -0.39 is 17.5 Å². The van der Waals surface area contributed by atoms with E-state index in [0.717, 1.165) is 17.7 Å². The van der Waals surface area contributed by atoms with Crippen LogP contribution in [0.3, 0.4) is 0 Å². The van der Waals surface area contributed by atoms with Crippen molar-refractivity contribution in [3.05, 3.63) is 77.8 Å². The number of aromatic nitrogens is 2. The largest absolute Gasteiger partial charge is 0.334 e. The molecule has 0 bridgehead atoms. The number of benzene rings is 2. The van der Waals surface area contributed by atoms with Crippen LogP contribution in [0.1, 0.15) is 16.1 Å². The number of hydrogen-bond acceptors (Lipinski definition) is 4. The molecule has 0 unspecified atom stereocenters. The molecule has 2 N–H and O–H groups in total. The zero-order chi connectivity index (χ0) is 17.8. The minimum Gasteiger partial charge on any atom is -0.334 e. The fourth-order valence-corrected chi connectivity index (χ4v) is 2.15. The first-order valence-corrected chi connectivity index (χ1v) is 7.44. The summed E-state index contributed by atoms with van der Waals surface area (Å²) in [5.74, 6) is -1.80. The number of aryl methyl sites for hydroxylation is 1. The van der Waals surface area contributed by atoms with Crippen LogP contribution in [0.4, 0.5) is 26.0 Å². The molecule has 1 aromatic heterocycles. The minimum atomic E-state index is -0.747. The second-order valence-electron chi connectivity index (χ2n) is 5.28. The van der Waals surface area contributed by atoms with Gasteiger partial charge in [-0.15, -0.1) is 0 Å². The molecule has 0 aliphatic carbocycles. The lowest BCUT2D eigenvalue weighted by Crippen LogP contribution is -2.15. The van der Waals surface area contributed by atoms with Crippen molar-refractivity contribution >= 4 is 23.1 Å². The molecule has 2 aromatic carbocycles. The van der Waals surface area contributed by atoms with E-state index in [0.29, 0.717) is 5.69 Å². The number of carbonyl (C=O) groups is 1. The van der Waals surface area contributed by atoms with E-state index in [1.54, 1.807) is 6.07 Å². The average molecular weight is 340 g/mol. The van der Waals surface area contributed by atoms with Crippen molar-refractivity contribution in [3.8, 4) is 0 Å². The Bertz CT molecular complexity index is 893. The summed E-state index contributed by atoms with van der Waals surface area (Å²) in [7, 11) is 0. The Hall–Kier alpha value is -3.35. The molecule has 5 nitrogen and oxygen atoms in total. The van der Waals surface area contributed by atoms with Gasteiger partial charge in [0.15, 0.2) is 0 Å². The van der Waals surface area contributed by atoms with Crippen molar-refractivity contribution in [2.45, 2.75) is 6.92 Å². The van der Waals surface area contributed by atoms with Crippen LogP contribution < -0.4 is 10.6 Å². The van der Waals surface area contributed by atoms with E-state index in [-0.39, 0.29) is 17.2 Å². The van der Waals surface area contributed by atoms with E-state index in [1.165, 1.54) is 18.5 Å². The Kier molecular flexibility index (Phi) is 4.65. The van der Waals surface area contributed by atoms with Crippen LogP contribution in [-0.4, -0.2) is 15.9 Å². The topological polar surface area (TPSA) is 66.9 Å². The number of anilines is 3. The van der Waals surface area contributed by atoms with E-state index in [9.17, 15) is 13.6 Å². The van der Waals surface area contributed by atoms with Crippen LogP contribution in [0.15, 0.2) is 54.9 Å². The quantitative estimate of drug-likeness (QED) is 0.752. The molecule has 0 aliphatic rings. The molecule has 0 radical (unpaired) electrons. The summed E-state index contributed by atoms with van der Waals surface area (Å²) in [5, 5.41) is 5.24. The molecule has 0 fully saturated rings. The van der Waals surface area contributed by atoms with Crippen LogP contribution in [0.5, 0.6) is 0 Å². The summed E-state index contributed by atoms with van der Waals surface area (Å²) in [4.78, 5) is 20.1. The predicted molar refractivity (Wildman–Crippen MR) is 90.8 cm³/mol. The Morgan fingerprint density at radius 3 is 2.32 bits per heavy atom. The van der Waals surface area contributed by atoms with Crippen molar-refractivity contribution < 1.29 is 13.6 Å². The lowest BCUT2D eigenvalue weighted by Gasteiger charge is -2.09. The highest BCUT2D eigenvalue weighted by molar-refractivity contribution is 6.03. The monoisotopic (exact) mass is 340 g/mol. The molecule has 1 amide bonds. The van der Waals surface area contributed by atoms with Gasteiger partial charge in [-0.2, -0.15) is 0 Å². The molecular formula is C18H14F2N4O. The maximum atomic E-state index is 13.6. The van der Waals surface area contributed by atoms with Crippen molar-refractivity contribution in [2.75, 3.05) is 10.6 Å². The third-order valence-corrected chi connectivity index (χ3v) is 3.49. The number of carbonyl (C=O) groups excluding carboxylic acids is 1. The second-order valence-corrected chi connectivity index (χ2v) is 5.28. The van der Waals surface area contributed by atoms with Crippen LogP contribution in [0.2, 0.25) is 0 Å². The van der Waals surface area contributed by atoms with E-state index in [1.807, 2.05) is 25.1 Å². The third kappa shape index (κ3) is 3.77. The number of amides is 1. The molecule has 0 atom stereocenters. The first kappa shape index (κ1) is 16.5. The molecular weight excluding hydrogens is 326 g/mol. The van der Waals surface area contributed by atoms with Gasteiger partial charge in [0, 0.05) is 5.69 Å². The van der Waals surface area contributed by atoms with Crippen molar-refractivity contribution in [1.82, 2.24) is 9.97 Å². The molecule has 0 aliphatic heterocycles. The lowest BCUT2D eigenvalue weighted by molar-refractivity contribution is 0.102. The first-order chi connectivity index (χ1) is 12.0. The number of rotatable bonds is 4. The molecule has 0 saturated carbocycles. The predicted octanol–water partition coefficient (Wildman–Crippen LogP) is 4.06. The van der Waals surface area contributed by atoms with Gasteiger partial charge in [-0.3, -0.25) is 4.79 Å². The highest BCUT2D eigenvalue weighted by Gasteiger charge is 2.12. The molecule has 25 heavy (non-hydrogen) atoms. The molecule has 126 valence electrons. The number of para-hydroxylation sites is 2. The number of halogens is 2. The molecule has 0 saturated heterocycles. The van der Waals surface area contributed by atoms with Gasteiger partial charge in [-0.05, 0) is 30.7 Å². The zero-order valence-electron chi connectivity index (χ0n) is 13.3. The van der Waals surface area contributed by atoms with E-state index in [2.05, 4.69) is 20.6 Å². The van der Waals surface area contributed by atoms with Crippen molar-refractivity contribution in [3.63, 3.8) is 0 Å². The molecule has 3 rings (SSSR count). The highest BCUT2D eigenvalue weighted by Crippen LogP contribution is 2.21. The SMILES string of the molecule is Cc1ccccc1NC(=O)c1cnc(Nc2c(F)cccc2F)cn1. The van der Waals surface area contributed by atoms with Gasteiger partial charge in [-0.1, -0.05) is 24.3 Å². The molecule has 1 heterocycles. The Morgan fingerprint density at radius 1 is 0.960 bits per heavy atom. The summed E-state index contributed by atoms with van der Waals surface area (Å²) in [6, 6.07) is 10.8. The van der Waals surface area contributed by atoms with Gasteiger partial charge in [0.2, 0.25) is 0 Å². The summed E-state index contributed by atoms with van der Waals surface area (Å²) < 4.78 is 27.2. The van der Waals surface area contributed by atoms with Crippen LogP contribution in [0.25, 0.3) is 0 Å². The van der Waals surface area contributed by atoms with Gasteiger partial charge < -0.3 is 10.6 Å². The Labute approximate surface area is 142 Å². The van der Waals surface area contributed by atoms with Gasteiger partial charge in [0.05, 0.1) is 12.4 Å². The fraction of sp³-hybridized carbons (Fsp3) is 0.0556. The molecule has 0 spiro atoms. The van der Waals surface area contributed by atoms with Crippen molar-refractivity contribution in [2.24, 2.45) is 0 Å². The van der Waals surface area contributed by atoms with Gasteiger partial charge >= 0.3 is 0 Å². The third-order valence-electron chi connectivity index (χ3n) is 3.49. The van der Waals surface area contributed by atoms with Crippen LogP contribution in [-0.2, 0) is 0 Å². The fourth-order valence-electron chi connectivity index (χ4n) is 2.15. The molecule has 7 heteroatoms. The van der Waals surface area contributed by atoms with E-state index in [4.69, 9.17) is 0 Å². The van der Waals surface area contributed by atoms with Crippen LogP contribution >= 0.6 is 0 Å². The standard InChI is InChI=1S/C18H14F2N4O/c1-11-5-2-3-8-14(11)23-18(25)15-9-22-16(10-21-15)24-17-12(19)6-4-7-13(17)20/h2-10H,1H3,(H,22,24)(H,23,25). The highest BCUT2D eigenvalue weighted by atomic mass is 19.1. The number of nitrogens with zero attached hydrogens (tertiary/aromatic N) is 2. The maximum absolute atomic E-state index is 13.6. The van der Waals surface area contributed by atoms with Crippen molar-refractivity contribution in [1.29, 1.82) is 0 Å². The number of nitrogens with one attached hydrogen (secondary N) is 2. The van der Waals surface area contributed by atoms with E-state index >= 15 is 0 Å². The summed E-state index contributed by atoms with van der Waals surface area (Å²) in [5.41, 5.74) is 1.35. The van der Waals surface area contributed by atoms with Gasteiger partial charge in [0.1, 0.15) is 28.8 Å². The summed E-state index contributed by atoms with van der Waals surface area (Å²) in [6.45, 7) is 1.87. The van der Waals surface area contributed by atoms with Gasteiger partial charge in [0.25, 0.3) is 5.91 Å². The second kappa shape index (κ2) is 7.04. The molecule has 3 aromatic rings. The number of hydrogen-bond donors (Lipinski definition) is 2. The van der Waals surface area contributed by atoms with Crippen LogP contribution in [0, 0.1) is 18.6 Å². The normalized spacial score (nSPS) is 10.4. The minimum absolute atomic E-state index is 0.0859. The van der Waals surface area contributed by atoms with Gasteiger partial charge in [-0.25, -0.2) is 18.7 Å². The first-order valence-electron chi connectivity index (χ1n) is 7.44. The maximum Gasteiger partial charge on any atom is 0.275 e. The summed E-state index contributed by atoms with van der Waals surface area (Å²) >= 11 is 0.